The molecule has 130 valence electrons. The standard InChI is InChI=1S/C18H15N5O3/c24-16-13-3-1-2-4-14(13)17(25)23(16)8-7-19-18(26)21-12-6-5-11-10-20-22-15(11)9-12/h1-6,9-10H,7-8H2,(H,20,22)(H2,19,21,26). The molecule has 0 saturated carbocycles. The molecule has 26 heavy (non-hydrogen) atoms. The maximum atomic E-state index is 12.2. The average molecular weight is 349 g/mol. The fourth-order valence-corrected chi connectivity index (χ4v) is 2.91. The second-order valence-corrected chi connectivity index (χ2v) is 5.86. The van der Waals surface area contributed by atoms with E-state index >= 15 is 0 Å². The van der Waals surface area contributed by atoms with Gasteiger partial charge in [0.15, 0.2) is 0 Å². The molecule has 4 rings (SSSR count). The van der Waals surface area contributed by atoms with Crippen LogP contribution in [0.25, 0.3) is 10.9 Å². The number of urea groups is 1. The first-order valence-corrected chi connectivity index (χ1v) is 8.07. The third kappa shape index (κ3) is 2.77. The molecule has 0 saturated heterocycles. The number of H-pyrrole nitrogens is 1. The monoisotopic (exact) mass is 349 g/mol. The van der Waals surface area contributed by atoms with Crippen LogP contribution in [-0.4, -0.2) is 46.0 Å². The maximum absolute atomic E-state index is 12.2. The smallest absolute Gasteiger partial charge is 0.319 e. The number of carbonyl (C=O) groups is 3. The van der Waals surface area contributed by atoms with Gasteiger partial charge in [-0.1, -0.05) is 12.1 Å². The summed E-state index contributed by atoms with van der Waals surface area (Å²) < 4.78 is 0. The number of fused-ring (bicyclic) bond motifs is 2. The highest BCUT2D eigenvalue weighted by Gasteiger charge is 2.34. The number of hydrogen-bond acceptors (Lipinski definition) is 4. The van der Waals surface area contributed by atoms with Gasteiger partial charge >= 0.3 is 6.03 Å². The molecule has 2 heterocycles. The Balaban J connectivity index is 1.33. The Morgan fingerprint density at radius 3 is 2.54 bits per heavy atom. The number of benzene rings is 2. The molecule has 0 fully saturated rings. The van der Waals surface area contributed by atoms with Gasteiger partial charge in [-0.25, -0.2) is 4.79 Å². The van der Waals surface area contributed by atoms with Gasteiger partial charge in [0.05, 0.1) is 22.8 Å². The lowest BCUT2D eigenvalue weighted by atomic mass is 10.1. The third-order valence-corrected chi connectivity index (χ3v) is 4.20. The van der Waals surface area contributed by atoms with Crippen molar-refractivity contribution in [3.8, 4) is 0 Å². The Bertz CT molecular complexity index is 991. The van der Waals surface area contributed by atoms with Gasteiger partial charge in [0, 0.05) is 24.2 Å². The Kier molecular flexibility index (Phi) is 3.85. The van der Waals surface area contributed by atoms with Gasteiger partial charge < -0.3 is 10.6 Å². The van der Waals surface area contributed by atoms with Crippen LogP contribution in [0.4, 0.5) is 10.5 Å². The number of aromatic nitrogens is 2. The Morgan fingerprint density at radius 1 is 1.08 bits per heavy atom. The molecular formula is C18H15N5O3. The normalized spacial score (nSPS) is 13.2. The number of amides is 4. The van der Waals surface area contributed by atoms with E-state index in [-0.39, 0.29) is 24.9 Å². The summed E-state index contributed by atoms with van der Waals surface area (Å²) in [4.78, 5) is 37.6. The number of imide groups is 1. The molecule has 0 radical (unpaired) electrons. The number of carbonyl (C=O) groups excluding carboxylic acids is 3. The van der Waals surface area contributed by atoms with Gasteiger partial charge in [-0.2, -0.15) is 5.10 Å². The van der Waals surface area contributed by atoms with E-state index in [1.54, 1.807) is 42.6 Å². The Labute approximate surface area is 148 Å². The van der Waals surface area contributed by atoms with Crippen molar-refractivity contribution < 1.29 is 14.4 Å². The Hall–Kier alpha value is -3.68. The zero-order chi connectivity index (χ0) is 18.1. The first-order valence-electron chi connectivity index (χ1n) is 8.07. The van der Waals surface area contributed by atoms with Gasteiger partial charge in [-0.15, -0.1) is 0 Å². The summed E-state index contributed by atoms with van der Waals surface area (Å²) in [7, 11) is 0. The van der Waals surface area contributed by atoms with E-state index in [2.05, 4.69) is 20.8 Å². The van der Waals surface area contributed by atoms with Crippen LogP contribution in [0.15, 0.2) is 48.7 Å². The lowest BCUT2D eigenvalue weighted by Crippen LogP contribution is -2.39. The zero-order valence-corrected chi connectivity index (χ0v) is 13.7. The summed E-state index contributed by atoms with van der Waals surface area (Å²) >= 11 is 0. The highest BCUT2D eigenvalue weighted by atomic mass is 16.2. The van der Waals surface area contributed by atoms with Crippen molar-refractivity contribution in [2.24, 2.45) is 0 Å². The van der Waals surface area contributed by atoms with E-state index in [0.29, 0.717) is 16.8 Å². The van der Waals surface area contributed by atoms with Crippen LogP contribution in [0, 0.1) is 0 Å². The van der Waals surface area contributed by atoms with Crippen LogP contribution in [0.3, 0.4) is 0 Å². The minimum atomic E-state index is -0.416. The number of nitrogens with zero attached hydrogens (tertiary/aromatic N) is 2. The van der Waals surface area contributed by atoms with Crippen LogP contribution in [0.1, 0.15) is 20.7 Å². The van der Waals surface area contributed by atoms with Crippen LogP contribution in [0.2, 0.25) is 0 Å². The molecule has 0 atom stereocenters. The predicted octanol–water partition coefficient (Wildman–Crippen LogP) is 1.98. The van der Waals surface area contributed by atoms with Crippen molar-refractivity contribution in [1.82, 2.24) is 20.4 Å². The SMILES string of the molecule is O=C(NCCN1C(=O)c2ccccc2C1=O)Nc1ccc2cn[nH]c2c1. The largest absolute Gasteiger partial charge is 0.336 e. The number of anilines is 1. The fourth-order valence-electron chi connectivity index (χ4n) is 2.91. The molecular weight excluding hydrogens is 334 g/mol. The zero-order valence-electron chi connectivity index (χ0n) is 13.7. The summed E-state index contributed by atoms with van der Waals surface area (Å²) in [5.41, 5.74) is 2.22. The molecule has 8 heteroatoms. The quantitative estimate of drug-likeness (QED) is 0.626. The van der Waals surface area contributed by atoms with E-state index in [1.807, 2.05) is 6.07 Å². The summed E-state index contributed by atoms with van der Waals surface area (Å²) in [6, 6.07) is 11.6. The second-order valence-electron chi connectivity index (χ2n) is 5.86. The van der Waals surface area contributed by atoms with Crippen LogP contribution in [0.5, 0.6) is 0 Å². The van der Waals surface area contributed by atoms with Gasteiger partial charge in [-0.3, -0.25) is 19.6 Å². The van der Waals surface area contributed by atoms with Crippen LogP contribution < -0.4 is 10.6 Å². The van der Waals surface area contributed by atoms with Crippen LogP contribution in [-0.2, 0) is 0 Å². The first-order chi connectivity index (χ1) is 12.6. The van der Waals surface area contributed by atoms with E-state index in [9.17, 15) is 14.4 Å². The minimum absolute atomic E-state index is 0.110. The first kappa shape index (κ1) is 15.8. The van der Waals surface area contributed by atoms with Crippen molar-refractivity contribution in [3.63, 3.8) is 0 Å². The van der Waals surface area contributed by atoms with Gasteiger partial charge in [-0.05, 0) is 30.3 Å². The van der Waals surface area contributed by atoms with E-state index in [4.69, 9.17) is 0 Å². The van der Waals surface area contributed by atoms with E-state index in [0.717, 1.165) is 15.8 Å². The Morgan fingerprint density at radius 2 is 1.81 bits per heavy atom. The second kappa shape index (κ2) is 6.32. The van der Waals surface area contributed by atoms with Crippen molar-refractivity contribution in [3.05, 3.63) is 59.8 Å². The van der Waals surface area contributed by atoms with Crippen molar-refractivity contribution in [2.75, 3.05) is 18.4 Å². The topological polar surface area (TPSA) is 107 Å². The number of nitrogens with one attached hydrogen (secondary N) is 3. The van der Waals surface area contributed by atoms with E-state index < -0.39 is 6.03 Å². The molecule has 3 N–H and O–H groups in total. The molecule has 0 bridgehead atoms. The lowest BCUT2D eigenvalue weighted by molar-refractivity contribution is 0.0656. The average Bonchev–Trinajstić information content (AvgIpc) is 3.20. The molecule has 3 aromatic rings. The molecule has 1 aliphatic heterocycles. The molecule has 2 aromatic carbocycles. The van der Waals surface area contributed by atoms with Gasteiger partial charge in [0.25, 0.3) is 11.8 Å². The van der Waals surface area contributed by atoms with Gasteiger partial charge in [0.2, 0.25) is 0 Å². The molecule has 1 aliphatic rings. The van der Waals surface area contributed by atoms with Crippen molar-refractivity contribution in [1.29, 1.82) is 0 Å². The summed E-state index contributed by atoms with van der Waals surface area (Å²) in [5.74, 6) is -0.671. The predicted molar refractivity (Wildman–Crippen MR) is 94.9 cm³/mol. The molecule has 0 spiro atoms. The van der Waals surface area contributed by atoms with E-state index in [1.165, 1.54) is 0 Å². The maximum Gasteiger partial charge on any atom is 0.319 e. The summed E-state index contributed by atoms with van der Waals surface area (Å²) in [5, 5.41) is 13.0. The number of hydrogen-bond donors (Lipinski definition) is 3. The fraction of sp³-hybridized carbons (Fsp3) is 0.111. The lowest BCUT2D eigenvalue weighted by Gasteiger charge is -2.14. The molecule has 4 amide bonds. The minimum Gasteiger partial charge on any atom is -0.336 e. The highest BCUT2D eigenvalue weighted by molar-refractivity contribution is 6.21. The molecule has 0 unspecified atom stereocenters. The van der Waals surface area contributed by atoms with Crippen molar-refractivity contribution >= 4 is 34.4 Å². The van der Waals surface area contributed by atoms with Crippen LogP contribution >= 0.6 is 0 Å². The van der Waals surface area contributed by atoms with Gasteiger partial charge in [0.1, 0.15) is 0 Å². The van der Waals surface area contributed by atoms with Crippen molar-refractivity contribution in [2.45, 2.75) is 0 Å². The molecule has 0 aliphatic carbocycles. The molecule has 8 nitrogen and oxygen atoms in total. The third-order valence-electron chi connectivity index (χ3n) is 4.20. The highest BCUT2D eigenvalue weighted by Crippen LogP contribution is 2.21. The number of aromatic amines is 1. The number of rotatable bonds is 4. The summed E-state index contributed by atoms with van der Waals surface area (Å²) in [6.07, 6.45) is 1.70. The summed E-state index contributed by atoms with van der Waals surface area (Å²) in [6.45, 7) is 0.267. The molecule has 1 aromatic heterocycles.